The minimum Gasteiger partial charge on any atom is -0.382 e. The van der Waals surface area contributed by atoms with Gasteiger partial charge in [0.1, 0.15) is 23.8 Å². The second-order valence-corrected chi connectivity index (χ2v) is 3.64. The fourth-order valence-electron chi connectivity index (χ4n) is 1.61. The monoisotopic (exact) mass is 252 g/mol. The number of imidazole rings is 1. The topological polar surface area (TPSA) is 111 Å². The Morgan fingerprint density at radius 3 is 2.74 bits per heavy atom. The molecule has 8 nitrogen and oxygen atoms in total. The molecule has 0 atom stereocenters. The van der Waals surface area contributed by atoms with Crippen LogP contribution >= 0.6 is 0 Å². The van der Waals surface area contributed by atoms with Gasteiger partial charge in [-0.15, -0.1) is 0 Å². The summed E-state index contributed by atoms with van der Waals surface area (Å²) in [5, 5.41) is 13.2. The molecule has 92 valence electrons. The average Bonchev–Trinajstić information content (AvgIpc) is 3.11. The van der Waals surface area contributed by atoms with E-state index < -0.39 is 0 Å². The third kappa shape index (κ3) is 1.79. The Bertz CT molecular complexity index is 736. The first-order valence-corrected chi connectivity index (χ1v) is 5.35. The highest BCUT2D eigenvalue weighted by molar-refractivity contribution is 5.58. The minimum absolute atomic E-state index is 0.103. The van der Waals surface area contributed by atoms with E-state index in [0.29, 0.717) is 11.8 Å². The molecule has 0 fully saturated rings. The number of hydrogen-bond donors (Lipinski definition) is 1. The molecule has 0 amide bonds. The third-order valence-corrected chi connectivity index (χ3v) is 2.47. The number of hydrogen-bond acceptors (Lipinski definition) is 6. The summed E-state index contributed by atoms with van der Waals surface area (Å²) in [4.78, 5) is 12.3. The van der Waals surface area contributed by atoms with Gasteiger partial charge >= 0.3 is 0 Å². The van der Waals surface area contributed by atoms with Crippen molar-refractivity contribution in [3.63, 3.8) is 0 Å². The van der Waals surface area contributed by atoms with E-state index >= 15 is 0 Å². The lowest BCUT2D eigenvalue weighted by atomic mass is 10.3. The molecule has 3 heterocycles. The van der Waals surface area contributed by atoms with Gasteiger partial charge in [0.2, 0.25) is 5.95 Å². The van der Waals surface area contributed by atoms with Gasteiger partial charge in [-0.2, -0.15) is 20.3 Å². The van der Waals surface area contributed by atoms with Crippen LogP contribution in [-0.4, -0.2) is 29.3 Å². The lowest BCUT2D eigenvalue weighted by molar-refractivity contribution is 0.815. The summed E-state index contributed by atoms with van der Waals surface area (Å²) in [6.45, 7) is 0. The standard InChI is InChI=1S/C11H8N8/c12-6-8-9(13)16-11(18-5-3-14-7-18)17-10(8)19-4-1-2-15-19/h1-5,7H,(H2,13,16,17). The first kappa shape index (κ1) is 10.9. The molecule has 3 aromatic heterocycles. The molecule has 3 rings (SSSR count). The van der Waals surface area contributed by atoms with E-state index in [0.717, 1.165) is 0 Å². The van der Waals surface area contributed by atoms with Gasteiger partial charge in [-0.1, -0.05) is 0 Å². The van der Waals surface area contributed by atoms with Gasteiger partial charge in [-0.25, -0.2) is 9.67 Å². The molecule has 19 heavy (non-hydrogen) atoms. The molecule has 0 saturated carbocycles. The second-order valence-electron chi connectivity index (χ2n) is 3.64. The Morgan fingerprint density at radius 2 is 2.11 bits per heavy atom. The summed E-state index contributed by atoms with van der Waals surface area (Å²) in [7, 11) is 0. The van der Waals surface area contributed by atoms with Gasteiger partial charge in [0.25, 0.3) is 0 Å². The summed E-state index contributed by atoms with van der Waals surface area (Å²) < 4.78 is 3.07. The Labute approximate surface area is 107 Å². The van der Waals surface area contributed by atoms with Crippen LogP contribution in [-0.2, 0) is 0 Å². The number of aromatic nitrogens is 6. The van der Waals surface area contributed by atoms with Crippen LogP contribution < -0.4 is 5.73 Å². The number of nitriles is 1. The maximum atomic E-state index is 9.15. The van der Waals surface area contributed by atoms with Gasteiger partial charge in [-0.3, -0.25) is 4.57 Å². The molecule has 0 radical (unpaired) electrons. The maximum absolute atomic E-state index is 9.15. The molecule has 0 saturated heterocycles. The number of nitrogens with zero attached hydrogens (tertiary/aromatic N) is 7. The van der Waals surface area contributed by atoms with Gasteiger partial charge < -0.3 is 5.73 Å². The normalized spacial score (nSPS) is 10.3. The van der Waals surface area contributed by atoms with Crippen molar-refractivity contribution in [2.45, 2.75) is 0 Å². The van der Waals surface area contributed by atoms with Gasteiger partial charge in [0.15, 0.2) is 5.82 Å². The summed E-state index contributed by atoms with van der Waals surface area (Å²) in [5.41, 5.74) is 5.98. The van der Waals surface area contributed by atoms with Crippen molar-refractivity contribution < 1.29 is 0 Å². The summed E-state index contributed by atoms with van der Waals surface area (Å²) in [5.74, 6) is 0.773. The first-order valence-electron chi connectivity index (χ1n) is 5.35. The number of rotatable bonds is 2. The van der Waals surface area contributed by atoms with E-state index in [-0.39, 0.29) is 11.4 Å². The molecule has 0 aliphatic rings. The highest BCUT2D eigenvalue weighted by Crippen LogP contribution is 2.17. The molecule has 0 aliphatic carbocycles. The number of nitrogens with two attached hydrogens (primary N) is 1. The molecular weight excluding hydrogens is 244 g/mol. The predicted octanol–water partition coefficient (Wildman–Crippen LogP) is 0.302. The van der Waals surface area contributed by atoms with E-state index in [1.807, 2.05) is 6.07 Å². The zero-order chi connectivity index (χ0) is 13.2. The van der Waals surface area contributed by atoms with Crippen molar-refractivity contribution in [3.8, 4) is 17.8 Å². The van der Waals surface area contributed by atoms with Crippen LogP contribution in [0.25, 0.3) is 11.8 Å². The number of anilines is 1. The second kappa shape index (κ2) is 4.23. The first-order chi connectivity index (χ1) is 9.29. The smallest absolute Gasteiger partial charge is 0.239 e. The molecule has 0 aromatic carbocycles. The van der Waals surface area contributed by atoms with Crippen LogP contribution in [0.5, 0.6) is 0 Å². The maximum Gasteiger partial charge on any atom is 0.239 e. The molecule has 0 unspecified atom stereocenters. The molecule has 0 bridgehead atoms. The zero-order valence-electron chi connectivity index (χ0n) is 9.67. The highest BCUT2D eigenvalue weighted by Gasteiger charge is 2.14. The van der Waals surface area contributed by atoms with Crippen molar-refractivity contribution in [1.29, 1.82) is 5.26 Å². The van der Waals surface area contributed by atoms with Crippen molar-refractivity contribution >= 4 is 5.82 Å². The van der Waals surface area contributed by atoms with E-state index in [2.05, 4.69) is 20.1 Å². The van der Waals surface area contributed by atoms with Crippen LogP contribution in [0.3, 0.4) is 0 Å². The molecule has 0 aliphatic heterocycles. The fourth-order valence-corrected chi connectivity index (χ4v) is 1.61. The summed E-state index contributed by atoms with van der Waals surface area (Å²) in [6, 6.07) is 3.72. The van der Waals surface area contributed by atoms with Crippen LogP contribution in [0.15, 0.2) is 37.2 Å². The minimum atomic E-state index is 0.103. The van der Waals surface area contributed by atoms with E-state index in [4.69, 9.17) is 11.0 Å². The molecule has 3 aromatic rings. The third-order valence-electron chi connectivity index (χ3n) is 2.47. The Kier molecular flexibility index (Phi) is 2.43. The van der Waals surface area contributed by atoms with Crippen molar-refractivity contribution in [3.05, 3.63) is 42.7 Å². The van der Waals surface area contributed by atoms with E-state index in [9.17, 15) is 0 Å². The molecule has 2 N–H and O–H groups in total. The largest absolute Gasteiger partial charge is 0.382 e. The molecule has 0 spiro atoms. The van der Waals surface area contributed by atoms with Crippen molar-refractivity contribution in [1.82, 2.24) is 29.3 Å². The van der Waals surface area contributed by atoms with Gasteiger partial charge in [0.05, 0.1) is 0 Å². The highest BCUT2D eigenvalue weighted by atomic mass is 15.3. The van der Waals surface area contributed by atoms with Crippen molar-refractivity contribution in [2.75, 3.05) is 5.73 Å². The van der Waals surface area contributed by atoms with Crippen LogP contribution in [0, 0.1) is 11.3 Å². The Morgan fingerprint density at radius 1 is 1.21 bits per heavy atom. The van der Waals surface area contributed by atoms with E-state index in [1.54, 1.807) is 41.7 Å². The fraction of sp³-hybridized carbons (Fsp3) is 0. The van der Waals surface area contributed by atoms with E-state index in [1.165, 1.54) is 4.68 Å². The van der Waals surface area contributed by atoms with Crippen LogP contribution in [0.2, 0.25) is 0 Å². The zero-order valence-corrected chi connectivity index (χ0v) is 9.67. The molecule has 8 heteroatoms. The van der Waals surface area contributed by atoms with Gasteiger partial charge in [0, 0.05) is 24.8 Å². The summed E-state index contributed by atoms with van der Waals surface area (Å²) in [6.07, 6.45) is 8.11. The molecular formula is C11H8N8. The van der Waals surface area contributed by atoms with Gasteiger partial charge in [-0.05, 0) is 6.07 Å². The SMILES string of the molecule is N#Cc1c(N)nc(-n2ccnc2)nc1-n1cccn1. The average molecular weight is 252 g/mol. The van der Waals surface area contributed by atoms with Crippen LogP contribution in [0.4, 0.5) is 5.82 Å². The quantitative estimate of drug-likeness (QED) is 0.702. The van der Waals surface area contributed by atoms with Crippen molar-refractivity contribution in [2.24, 2.45) is 0 Å². The lowest BCUT2D eigenvalue weighted by Gasteiger charge is -2.08. The Hall–Kier alpha value is -3.21. The number of nitrogen functional groups attached to an aromatic ring is 1. The Balaban J connectivity index is 2.25. The predicted molar refractivity (Wildman–Crippen MR) is 65.4 cm³/mol. The lowest BCUT2D eigenvalue weighted by Crippen LogP contribution is -2.11. The van der Waals surface area contributed by atoms with Crippen LogP contribution in [0.1, 0.15) is 5.56 Å². The summed E-state index contributed by atoms with van der Waals surface area (Å²) >= 11 is 0.